The molecule has 0 atom stereocenters. The van der Waals surface area contributed by atoms with E-state index < -0.39 is 0 Å². The molecule has 0 amide bonds. The second-order valence-corrected chi connectivity index (χ2v) is 5.16. The molecule has 0 aromatic heterocycles. The maximum Gasteiger partial charge on any atom is 0.124 e. The first-order valence-electron chi connectivity index (χ1n) is 5.96. The number of hydrogen-bond donors (Lipinski definition) is 2. The second kappa shape index (κ2) is 3.67. The van der Waals surface area contributed by atoms with Crippen LogP contribution in [0.1, 0.15) is 12.5 Å². The molecule has 0 saturated carbocycles. The topological polar surface area (TPSA) is 33.3 Å². The van der Waals surface area contributed by atoms with Gasteiger partial charge in [0.2, 0.25) is 0 Å². The zero-order valence-corrected chi connectivity index (χ0v) is 9.68. The monoisotopic (exact) mass is 218 g/mol. The molecule has 0 bridgehead atoms. The van der Waals surface area contributed by atoms with E-state index in [1.165, 1.54) is 11.3 Å². The van der Waals surface area contributed by atoms with E-state index in [0.29, 0.717) is 5.41 Å². The molecule has 0 unspecified atom stereocenters. The molecule has 3 rings (SSSR count). The third-order valence-electron chi connectivity index (χ3n) is 3.50. The smallest absolute Gasteiger partial charge is 0.124 e. The minimum absolute atomic E-state index is 0.328. The lowest BCUT2D eigenvalue weighted by atomic mass is 9.85. The quantitative estimate of drug-likeness (QED) is 0.809. The van der Waals surface area contributed by atoms with Crippen molar-refractivity contribution in [3.63, 3.8) is 0 Å². The SMILES string of the molecule is CC1(COc2cccc3c2CCN3)CNC1. The summed E-state index contributed by atoms with van der Waals surface area (Å²) in [7, 11) is 0. The van der Waals surface area contributed by atoms with Crippen LogP contribution in [0.15, 0.2) is 18.2 Å². The van der Waals surface area contributed by atoms with Crippen molar-refractivity contribution < 1.29 is 4.74 Å². The highest BCUT2D eigenvalue weighted by molar-refractivity contribution is 5.61. The predicted octanol–water partition coefficient (Wildman–Crippen LogP) is 1.64. The van der Waals surface area contributed by atoms with Crippen molar-refractivity contribution in [1.29, 1.82) is 0 Å². The molecule has 3 nitrogen and oxygen atoms in total. The highest BCUT2D eigenvalue weighted by Gasteiger charge is 2.32. The Morgan fingerprint density at radius 1 is 1.38 bits per heavy atom. The van der Waals surface area contributed by atoms with Crippen molar-refractivity contribution in [3.05, 3.63) is 23.8 Å². The number of nitrogens with one attached hydrogen (secondary N) is 2. The number of ether oxygens (including phenoxy) is 1. The Labute approximate surface area is 96.2 Å². The van der Waals surface area contributed by atoms with E-state index >= 15 is 0 Å². The van der Waals surface area contributed by atoms with Crippen LogP contribution >= 0.6 is 0 Å². The molecule has 0 aliphatic carbocycles. The van der Waals surface area contributed by atoms with Gasteiger partial charge in [-0.3, -0.25) is 0 Å². The van der Waals surface area contributed by atoms with Crippen LogP contribution in [0.2, 0.25) is 0 Å². The van der Waals surface area contributed by atoms with E-state index in [1.54, 1.807) is 0 Å². The normalized spacial score (nSPS) is 20.8. The van der Waals surface area contributed by atoms with Gasteiger partial charge in [0.05, 0.1) is 6.61 Å². The molecule has 0 radical (unpaired) electrons. The Morgan fingerprint density at radius 2 is 2.25 bits per heavy atom. The molecule has 2 aliphatic rings. The summed E-state index contributed by atoms with van der Waals surface area (Å²) >= 11 is 0. The number of benzene rings is 1. The minimum Gasteiger partial charge on any atom is -0.493 e. The first-order chi connectivity index (χ1) is 7.77. The third-order valence-corrected chi connectivity index (χ3v) is 3.50. The van der Waals surface area contributed by atoms with E-state index in [9.17, 15) is 0 Å². The lowest BCUT2D eigenvalue weighted by molar-refractivity contribution is 0.101. The van der Waals surface area contributed by atoms with E-state index in [-0.39, 0.29) is 0 Å². The summed E-state index contributed by atoms with van der Waals surface area (Å²) in [5.41, 5.74) is 2.92. The second-order valence-electron chi connectivity index (χ2n) is 5.16. The Hall–Kier alpha value is -1.22. The Kier molecular flexibility index (Phi) is 2.28. The van der Waals surface area contributed by atoms with E-state index in [1.807, 2.05) is 0 Å². The summed E-state index contributed by atoms with van der Waals surface area (Å²) in [6.07, 6.45) is 1.08. The first-order valence-corrected chi connectivity index (χ1v) is 5.96. The number of fused-ring (bicyclic) bond motifs is 1. The van der Waals surface area contributed by atoms with Crippen LogP contribution in [0.3, 0.4) is 0 Å². The largest absolute Gasteiger partial charge is 0.493 e. The van der Waals surface area contributed by atoms with Gasteiger partial charge in [0, 0.05) is 36.3 Å². The number of anilines is 1. The Bertz CT molecular complexity index is 399. The van der Waals surface area contributed by atoms with Crippen molar-refractivity contribution in [1.82, 2.24) is 5.32 Å². The van der Waals surface area contributed by atoms with Crippen LogP contribution in [0.4, 0.5) is 5.69 Å². The highest BCUT2D eigenvalue weighted by atomic mass is 16.5. The summed E-state index contributed by atoms with van der Waals surface area (Å²) < 4.78 is 5.98. The lowest BCUT2D eigenvalue weighted by Crippen LogP contribution is -2.54. The summed E-state index contributed by atoms with van der Waals surface area (Å²) in [5.74, 6) is 1.07. The van der Waals surface area contributed by atoms with Crippen molar-refractivity contribution in [2.75, 3.05) is 31.6 Å². The summed E-state index contributed by atoms with van der Waals surface area (Å²) in [6, 6.07) is 6.27. The van der Waals surface area contributed by atoms with Gasteiger partial charge >= 0.3 is 0 Å². The molecule has 1 fully saturated rings. The Morgan fingerprint density at radius 3 is 3.00 bits per heavy atom. The Balaban J connectivity index is 1.72. The van der Waals surface area contributed by atoms with Crippen LogP contribution < -0.4 is 15.4 Å². The predicted molar refractivity (Wildman–Crippen MR) is 65.1 cm³/mol. The summed E-state index contributed by atoms with van der Waals surface area (Å²) in [4.78, 5) is 0. The highest BCUT2D eigenvalue weighted by Crippen LogP contribution is 2.32. The first kappa shape index (κ1) is 9.97. The molecule has 2 N–H and O–H groups in total. The zero-order valence-electron chi connectivity index (χ0n) is 9.68. The molecule has 2 aliphatic heterocycles. The van der Waals surface area contributed by atoms with Gasteiger partial charge in [-0.1, -0.05) is 13.0 Å². The minimum atomic E-state index is 0.328. The summed E-state index contributed by atoms with van der Waals surface area (Å²) in [5, 5.41) is 6.67. The fraction of sp³-hybridized carbons (Fsp3) is 0.538. The molecule has 1 aromatic rings. The van der Waals surface area contributed by atoms with Crippen LogP contribution in [0, 0.1) is 5.41 Å². The maximum atomic E-state index is 5.98. The average Bonchev–Trinajstić information content (AvgIpc) is 2.72. The van der Waals surface area contributed by atoms with Crippen LogP contribution in [0.25, 0.3) is 0 Å². The standard InChI is InChI=1S/C13H18N2O/c1-13(7-14-8-13)9-16-12-4-2-3-11-10(12)5-6-15-11/h2-4,14-15H,5-9H2,1H3. The molecule has 1 saturated heterocycles. The van der Waals surface area contributed by atoms with Gasteiger partial charge in [0.1, 0.15) is 5.75 Å². The van der Waals surface area contributed by atoms with Gasteiger partial charge in [-0.2, -0.15) is 0 Å². The van der Waals surface area contributed by atoms with Gasteiger partial charge in [0.15, 0.2) is 0 Å². The van der Waals surface area contributed by atoms with Crippen LogP contribution in [0.5, 0.6) is 5.75 Å². The fourth-order valence-electron chi connectivity index (χ4n) is 2.35. The van der Waals surface area contributed by atoms with E-state index in [2.05, 4.69) is 35.8 Å². The summed E-state index contributed by atoms with van der Waals surface area (Å²) in [6.45, 7) is 6.26. The molecule has 0 spiro atoms. The van der Waals surface area contributed by atoms with Gasteiger partial charge in [0.25, 0.3) is 0 Å². The van der Waals surface area contributed by atoms with Crippen molar-refractivity contribution >= 4 is 5.69 Å². The number of rotatable bonds is 3. The van der Waals surface area contributed by atoms with Crippen molar-refractivity contribution in [3.8, 4) is 5.75 Å². The molecule has 86 valence electrons. The van der Waals surface area contributed by atoms with Gasteiger partial charge in [-0.15, -0.1) is 0 Å². The molecule has 2 heterocycles. The lowest BCUT2D eigenvalue weighted by Gasteiger charge is -2.38. The van der Waals surface area contributed by atoms with E-state index in [0.717, 1.165) is 38.4 Å². The molecule has 16 heavy (non-hydrogen) atoms. The van der Waals surface area contributed by atoms with E-state index in [4.69, 9.17) is 4.74 Å². The fourth-order valence-corrected chi connectivity index (χ4v) is 2.35. The van der Waals surface area contributed by atoms with Crippen molar-refractivity contribution in [2.45, 2.75) is 13.3 Å². The van der Waals surface area contributed by atoms with Crippen LogP contribution in [-0.4, -0.2) is 26.2 Å². The molecular formula is C13H18N2O. The molecular weight excluding hydrogens is 200 g/mol. The van der Waals surface area contributed by atoms with Crippen LogP contribution in [-0.2, 0) is 6.42 Å². The molecule has 3 heteroatoms. The van der Waals surface area contributed by atoms with Gasteiger partial charge in [-0.05, 0) is 18.6 Å². The van der Waals surface area contributed by atoms with Gasteiger partial charge in [-0.25, -0.2) is 0 Å². The number of hydrogen-bond acceptors (Lipinski definition) is 3. The average molecular weight is 218 g/mol. The van der Waals surface area contributed by atoms with Crippen molar-refractivity contribution in [2.24, 2.45) is 5.41 Å². The molecule has 1 aromatic carbocycles. The zero-order chi connectivity index (χ0) is 11.0. The third kappa shape index (κ3) is 1.65. The van der Waals surface area contributed by atoms with Gasteiger partial charge < -0.3 is 15.4 Å². The maximum absolute atomic E-state index is 5.98.